The second-order valence-electron chi connectivity index (χ2n) is 4.36. The standard InChI is InChI=1S/C14H23NO2/c1-5-14(3,11-15-6-2)17-13-9-7-12(16-4)8-10-13/h7-10,15H,5-6,11H2,1-4H3. The van der Waals surface area contributed by atoms with Crippen molar-refractivity contribution in [2.45, 2.75) is 32.8 Å². The Morgan fingerprint density at radius 1 is 1.12 bits per heavy atom. The monoisotopic (exact) mass is 237 g/mol. The molecule has 0 heterocycles. The van der Waals surface area contributed by atoms with Gasteiger partial charge in [0, 0.05) is 6.54 Å². The number of rotatable bonds is 7. The van der Waals surface area contributed by atoms with Crippen molar-refractivity contribution in [1.82, 2.24) is 5.32 Å². The molecule has 0 aromatic heterocycles. The summed E-state index contributed by atoms with van der Waals surface area (Å²) in [6.45, 7) is 8.18. The van der Waals surface area contributed by atoms with Crippen LogP contribution < -0.4 is 14.8 Å². The minimum atomic E-state index is -0.162. The van der Waals surface area contributed by atoms with Gasteiger partial charge in [0.2, 0.25) is 0 Å². The van der Waals surface area contributed by atoms with Crippen molar-refractivity contribution in [2.75, 3.05) is 20.2 Å². The van der Waals surface area contributed by atoms with Gasteiger partial charge < -0.3 is 14.8 Å². The highest BCUT2D eigenvalue weighted by Crippen LogP contribution is 2.23. The highest BCUT2D eigenvalue weighted by Gasteiger charge is 2.23. The predicted molar refractivity (Wildman–Crippen MR) is 70.9 cm³/mol. The molecule has 0 radical (unpaired) electrons. The molecule has 1 rings (SSSR count). The molecule has 0 amide bonds. The van der Waals surface area contributed by atoms with Crippen LogP contribution >= 0.6 is 0 Å². The van der Waals surface area contributed by atoms with Crippen molar-refractivity contribution in [1.29, 1.82) is 0 Å². The van der Waals surface area contributed by atoms with Crippen LogP contribution in [0.4, 0.5) is 0 Å². The van der Waals surface area contributed by atoms with Gasteiger partial charge in [-0.3, -0.25) is 0 Å². The quantitative estimate of drug-likeness (QED) is 0.791. The minimum Gasteiger partial charge on any atom is -0.497 e. The van der Waals surface area contributed by atoms with E-state index in [1.165, 1.54) is 0 Å². The Hall–Kier alpha value is -1.22. The summed E-state index contributed by atoms with van der Waals surface area (Å²) in [6.07, 6.45) is 0.964. The Morgan fingerprint density at radius 3 is 2.18 bits per heavy atom. The number of ether oxygens (including phenoxy) is 2. The first-order chi connectivity index (χ1) is 8.13. The van der Waals surface area contributed by atoms with Gasteiger partial charge in [0.15, 0.2) is 0 Å². The first kappa shape index (κ1) is 13.8. The van der Waals surface area contributed by atoms with E-state index in [2.05, 4.69) is 26.1 Å². The number of likely N-dealkylation sites (N-methyl/N-ethyl adjacent to an activating group) is 1. The van der Waals surface area contributed by atoms with Gasteiger partial charge in [-0.15, -0.1) is 0 Å². The third-order valence-corrected chi connectivity index (χ3v) is 2.92. The lowest BCUT2D eigenvalue weighted by atomic mass is 10.0. The molecule has 1 N–H and O–H groups in total. The molecule has 1 aromatic carbocycles. The Balaban J connectivity index is 2.65. The van der Waals surface area contributed by atoms with Crippen LogP contribution in [-0.4, -0.2) is 25.8 Å². The Bertz CT molecular complexity index is 323. The molecule has 1 unspecified atom stereocenters. The molecular formula is C14H23NO2. The normalized spacial score (nSPS) is 14.1. The lowest BCUT2D eigenvalue weighted by molar-refractivity contribution is 0.0841. The fraction of sp³-hybridized carbons (Fsp3) is 0.571. The van der Waals surface area contributed by atoms with Gasteiger partial charge in [0.1, 0.15) is 17.1 Å². The minimum absolute atomic E-state index is 0.162. The van der Waals surface area contributed by atoms with Crippen LogP contribution in [-0.2, 0) is 0 Å². The largest absolute Gasteiger partial charge is 0.497 e. The molecule has 0 spiro atoms. The van der Waals surface area contributed by atoms with E-state index >= 15 is 0 Å². The zero-order valence-corrected chi connectivity index (χ0v) is 11.2. The van der Waals surface area contributed by atoms with Crippen molar-refractivity contribution >= 4 is 0 Å². The number of methoxy groups -OCH3 is 1. The molecular weight excluding hydrogens is 214 g/mol. The summed E-state index contributed by atoms with van der Waals surface area (Å²) in [6, 6.07) is 7.72. The molecule has 1 atom stereocenters. The zero-order valence-electron chi connectivity index (χ0n) is 11.2. The summed E-state index contributed by atoms with van der Waals surface area (Å²) in [5.41, 5.74) is -0.162. The average Bonchev–Trinajstić information content (AvgIpc) is 2.37. The molecule has 17 heavy (non-hydrogen) atoms. The third-order valence-electron chi connectivity index (χ3n) is 2.92. The average molecular weight is 237 g/mol. The van der Waals surface area contributed by atoms with Crippen LogP contribution in [0.2, 0.25) is 0 Å². The third kappa shape index (κ3) is 4.27. The summed E-state index contributed by atoms with van der Waals surface area (Å²) >= 11 is 0. The van der Waals surface area contributed by atoms with Crippen molar-refractivity contribution in [3.63, 3.8) is 0 Å². The van der Waals surface area contributed by atoms with Gasteiger partial charge >= 0.3 is 0 Å². The number of benzene rings is 1. The van der Waals surface area contributed by atoms with Gasteiger partial charge in [0.25, 0.3) is 0 Å². The molecule has 0 bridgehead atoms. The van der Waals surface area contributed by atoms with Gasteiger partial charge in [-0.1, -0.05) is 13.8 Å². The van der Waals surface area contributed by atoms with Crippen molar-refractivity contribution < 1.29 is 9.47 Å². The fourth-order valence-corrected chi connectivity index (χ4v) is 1.55. The van der Waals surface area contributed by atoms with Crippen LogP contribution in [0, 0.1) is 0 Å². The van der Waals surface area contributed by atoms with Crippen LogP contribution in [0.1, 0.15) is 27.2 Å². The maximum Gasteiger partial charge on any atom is 0.120 e. The predicted octanol–water partition coefficient (Wildman–Crippen LogP) is 2.85. The topological polar surface area (TPSA) is 30.5 Å². The molecule has 0 aliphatic rings. The molecule has 0 aliphatic carbocycles. The second kappa shape index (κ2) is 6.50. The molecule has 0 aliphatic heterocycles. The Kier molecular flexibility index (Phi) is 5.29. The van der Waals surface area contributed by atoms with Crippen LogP contribution in [0.25, 0.3) is 0 Å². The Morgan fingerprint density at radius 2 is 1.71 bits per heavy atom. The molecule has 0 saturated carbocycles. The first-order valence-electron chi connectivity index (χ1n) is 6.17. The van der Waals surface area contributed by atoms with Gasteiger partial charge in [0.05, 0.1) is 7.11 Å². The fourth-order valence-electron chi connectivity index (χ4n) is 1.55. The van der Waals surface area contributed by atoms with E-state index in [1.54, 1.807) is 7.11 Å². The van der Waals surface area contributed by atoms with E-state index < -0.39 is 0 Å². The number of hydrogen-bond acceptors (Lipinski definition) is 3. The van der Waals surface area contributed by atoms with Crippen LogP contribution in [0.15, 0.2) is 24.3 Å². The molecule has 0 fully saturated rings. The summed E-state index contributed by atoms with van der Waals surface area (Å²) in [4.78, 5) is 0. The van der Waals surface area contributed by atoms with Crippen molar-refractivity contribution in [2.24, 2.45) is 0 Å². The van der Waals surface area contributed by atoms with E-state index in [0.29, 0.717) is 0 Å². The SMILES string of the molecule is CCNCC(C)(CC)Oc1ccc(OC)cc1. The van der Waals surface area contributed by atoms with Gasteiger partial charge in [-0.05, 0) is 44.2 Å². The Labute approximate surface area is 104 Å². The zero-order chi connectivity index (χ0) is 12.7. The summed E-state index contributed by atoms with van der Waals surface area (Å²) in [5.74, 6) is 1.73. The maximum atomic E-state index is 6.03. The van der Waals surface area contributed by atoms with Crippen molar-refractivity contribution in [3.8, 4) is 11.5 Å². The lowest BCUT2D eigenvalue weighted by Crippen LogP contribution is -2.42. The lowest BCUT2D eigenvalue weighted by Gasteiger charge is -2.30. The molecule has 0 saturated heterocycles. The summed E-state index contributed by atoms with van der Waals surface area (Å²) in [5, 5.41) is 3.33. The first-order valence-corrected chi connectivity index (χ1v) is 6.17. The van der Waals surface area contributed by atoms with E-state index in [9.17, 15) is 0 Å². The number of hydrogen-bond donors (Lipinski definition) is 1. The molecule has 1 aromatic rings. The van der Waals surface area contributed by atoms with Crippen molar-refractivity contribution in [3.05, 3.63) is 24.3 Å². The van der Waals surface area contributed by atoms with E-state index in [0.717, 1.165) is 31.0 Å². The highest BCUT2D eigenvalue weighted by atomic mass is 16.5. The van der Waals surface area contributed by atoms with Gasteiger partial charge in [-0.25, -0.2) is 0 Å². The van der Waals surface area contributed by atoms with E-state index in [4.69, 9.17) is 9.47 Å². The molecule has 3 heteroatoms. The number of nitrogens with one attached hydrogen (secondary N) is 1. The molecule has 96 valence electrons. The highest BCUT2D eigenvalue weighted by molar-refractivity contribution is 5.31. The van der Waals surface area contributed by atoms with E-state index in [-0.39, 0.29) is 5.60 Å². The summed E-state index contributed by atoms with van der Waals surface area (Å²) in [7, 11) is 1.66. The van der Waals surface area contributed by atoms with Gasteiger partial charge in [-0.2, -0.15) is 0 Å². The van der Waals surface area contributed by atoms with E-state index in [1.807, 2.05) is 24.3 Å². The maximum absolute atomic E-state index is 6.03. The van der Waals surface area contributed by atoms with Crippen LogP contribution in [0.3, 0.4) is 0 Å². The second-order valence-corrected chi connectivity index (χ2v) is 4.36. The molecule has 3 nitrogen and oxygen atoms in total. The van der Waals surface area contributed by atoms with Crippen LogP contribution in [0.5, 0.6) is 11.5 Å². The summed E-state index contributed by atoms with van der Waals surface area (Å²) < 4.78 is 11.2. The smallest absolute Gasteiger partial charge is 0.120 e.